The van der Waals surface area contributed by atoms with Crippen LogP contribution in [-0.4, -0.2) is 34.9 Å². The SMILES string of the molecule is Cc1ccc2c(n1)C1(CCN(C3=NC(=O)Cc4ccccc4CO3)CC1)OC2. The first-order valence-electron chi connectivity index (χ1n) is 9.80. The van der Waals surface area contributed by atoms with Crippen molar-refractivity contribution in [1.82, 2.24) is 9.88 Å². The Balaban J connectivity index is 1.33. The van der Waals surface area contributed by atoms with Crippen LogP contribution in [0.15, 0.2) is 41.4 Å². The summed E-state index contributed by atoms with van der Waals surface area (Å²) in [5.41, 5.74) is 5.00. The molecule has 2 aromatic rings. The molecule has 6 heteroatoms. The number of fused-ring (bicyclic) bond motifs is 3. The zero-order valence-corrected chi connectivity index (χ0v) is 16.0. The molecule has 4 heterocycles. The third-order valence-corrected chi connectivity index (χ3v) is 5.93. The van der Waals surface area contributed by atoms with Crippen molar-refractivity contribution in [3.63, 3.8) is 0 Å². The summed E-state index contributed by atoms with van der Waals surface area (Å²) in [5, 5.41) is 0. The molecule has 0 unspecified atom stereocenters. The third kappa shape index (κ3) is 2.98. The molecule has 1 fully saturated rings. The van der Waals surface area contributed by atoms with E-state index in [4.69, 9.17) is 14.5 Å². The molecule has 0 N–H and O–H groups in total. The first-order valence-corrected chi connectivity index (χ1v) is 9.80. The van der Waals surface area contributed by atoms with E-state index in [9.17, 15) is 4.79 Å². The van der Waals surface area contributed by atoms with Crippen LogP contribution in [0, 0.1) is 6.92 Å². The standard InChI is InChI=1S/C22H23N3O3/c1-15-6-7-18-14-28-22(20(18)23-15)8-10-25(11-9-22)21-24-19(26)12-16-4-2-3-5-17(16)13-27-21/h2-7H,8-14H2,1H3. The summed E-state index contributed by atoms with van der Waals surface area (Å²) in [7, 11) is 0. The van der Waals surface area contributed by atoms with Crippen LogP contribution < -0.4 is 0 Å². The van der Waals surface area contributed by atoms with Crippen LogP contribution in [0.2, 0.25) is 0 Å². The minimum absolute atomic E-state index is 0.165. The lowest BCUT2D eigenvalue weighted by Gasteiger charge is -2.39. The summed E-state index contributed by atoms with van der Waals surface area (Å²) < 4.78 is 12.2. The fourth-order valence-corrected chi connectivity index (χ4v) is 4.34. The number of aliphatic imine (C=N–C) groups is 1. The van der Waals surface area contributed by atoms with Crippen molar-refractivity contribution in [3.8, 4) is 0 Å². The largest absolute Gasteiger partial charge is 0.460 e. The van der Waals surface area contributed by atoms with Gasteiger partial charge in [0.2, 0.25) is 0 Å². The van der Waals surface area contributed by atoms with Gasteiger partial charge < -0.3 is 14.4 Å². The van der Waals surface area contributed by atoms with Crippen molar-refractivity contribution in [1.29, 1.82) is 0 Å². The number of amides is 1. The molecule has 0 saturated carbocycles. The second-order valence-electron chi connectivity index (χ2n) is 7.75. The Labute approximate surface area is 164 Å². The Hall–Kier alpha value is -2.73. The van der Waals surface area contributed by atoms with Gasteiger partial charge in [0, 0.05) is 24.3 Å². The van der Waals surface area contributed by atoms with Crippen molar-refractivity contribution < 1.29 is 14.3 Å². The molecule has 1 spiro atoms. The zero-order chi connectivity index (χ0) is 19.1. The summed E-state index contributed by atoms with van der Waals surface area (Å²) in [6.07, 6.45) is 1.94. The first kappa shape index (κ1) is 17.4. The molecule has 6 nitrogen and oxygen atoms in total. The number of benzene rings is 1. The van der Waals surface area contributed by atoms with Crippen molar-refractivity contribution >= 4 is 11.9 Å². The lowest BCUT2D eigenvalue weighted by Crippen LogP contribution is -2.46. The lowest BCUT2D eigenvalue weighted by molar-refractivity contribution is -0.117. The maximum atomic E-state index is 12.4. The van der Waals surface area contributed by atoms with Gasteiger partial charge in [-0.3, -0.25) is 9.78 Å². The molecule has 5 rings (SSSR count). The topological polar surface area (TPSA) is 64.0 Å². The van der Waals surface area contributed by atoms with E-state index in [0.29, 0.717) is 25.7 Å². The molecule has 0 aliphatic carbocycles. The number of likely N-dealkylation sites (tertiary alicyclic amines) is 1. The number of hydrogen-bond donors (Lipinski definition) is 0. The average Bonchev–Trinajstić information content (AvgIpc) is 3.03. The van der Waals surface area contributed by atoms with Crippen molar-refractivity contribution in [2.75, 3.05) is 13.1 Å². The highest BCUT2D eigenvalue weighted by molar-refractivity contribution is 5.92. The molecule has 0 bridgehead atoms. The molecular formula is C22H23N3O3. The lowest BCUT2D eigenvalue weighted by atomic mass is 9.87. The summed E-state index contributed by atoms with van der Waals surface area (Å²) in [5.74, 6) is -0.165. The highest BCUT2D eigenvalue weighted by atomic mass is 16.5. The Kier molecular flexibility index (Phi) is 4.16. The number of carbonyl (C=O) groups is 1. The van der Waals surface area contributed by atoms with E-state index in [-0.39, 0.29) is 11.5 Å². The van der Waals surface area contributed by atoms with Crippen LogP contribution in [0.4, 0.5) is 0 Å². The Morgan fingerprint density at radius 3 is 2.61 bits per heavy atom. The van der Waals surface area contributed by atoms with Crippen LogP contribution in [0.5, 0.6) is 0 Å². The van der Waals surface area contributed by atoms with Crippen LogP contribution in [0.3, 0.4) is 0 Å². The van der Waals surface area contributed by atoms with E-state index in [1.807, 2.05) is 37.3 Å². The number of amidine groups is 1. The van der Waals surface area contributed by atoms with Gasteiger partial charge >= 0.3 is 0 Å². The number of carbonyl (C=O) groups excluding carboxylic acids is 1. The maximum absolute atomic E-state index is 12.4. The molecule has 144 valence electrons. The van der Waals surface area contributed by atoms with E-state index in [0.717, 1.165) is 48.4 Å². The number of hydrogen-bond acceptors (Lipinski definition) is 5. The van der Waals surface area contributed by atoms with Gasteiger partial charge in [0.15, 0.2) is 0 Å². The zero-order valence-electron chi connectivity index (χ0n) is 16.0. The second kappa shape index (κ2) is 6.71. The number of ether oxygens (including phenoxy) is 2. The molecule has 1 amide bonds. The first-order chi connectivity index (χ1) is 13.6. The fraction of sp³-hybridized carbons (Fsp3) is 0.409. The summed E-state index contributed by atoms with van der Waals surface area (Å²) in [4.78, 5) is 23.5. The minimum Gasteiger partial charge on any atom is -0.460 e. The third-order valence-electron chi connectivity index (χ3n) is 5.93. The number of rotatable bonds is 0. The van der Waals surface area contributed by atoms with Gasteiger partial charge in [0.05, 0.1) is 18.7 Å². The van der Waals surface area contributed by atoms with Gasteiger partial charge in [-0.15, -0.1) is 0 Å². The molecule has 1 saturated heterocycles. The normalized spacial score (nSPS) is 20.7. The Morgan fingerprint density at radius 1 is 1.00 bits per heavy atom. The van der Waals surface area contributed by atoms with E-state index in [1.165, 1.54) is 5.56 Å². The molecule has 1 aromatic heterocycles. The Bertz CT molecular complexity index is 961. The Morgan fingerprint density at radius 2 is 1.79 bits per heavy atom. The molecule has 3 aliphatic heterocycles. The van der Waals surface area contributed by atoms with Crippen LogP contribution >= 0.6 is 0 Å². The summed E-state index contributed by atoms with van der Waals surface area (Å²) >= 11 is 0. The molecule has 28 heavy (non-hydrogen) atoms. The van der Waals surface area contributed by atoms with Crippen molar-refractivity contribution in [2.45, 2.75) is 45.0 Å². The minimum atomic E-state index is -0.323. The molecule has 0 radical (unpaired) electrons. The summed E-state index contributed by atoms with van der Waals surface area (Å²) in [6.45, 7) is 4.52. The number of aryl methyl sites for hydroxylation is 1. The van der Waals surface area contributed by atoms with E-state index < -0.39 is 0 Å². The van der Waals surface area contributed by atoms with Gasteiger partial charge in [-0.05, 0) is 37.0 Å². The van der Waals surface area contributed by atoms with Crippen LogP contribution in [0.1, 0.15) is 40.9 Å². The van der Waals surface area contributed by atoms with Gasteiger partial charge in [-0.1, -0.05) is 30.3 Å². The molecule has 3 aliphatic rings. The van der Waals surface area contributed by atoms with Crippen LogP contribution in [-0.2, 0) is 39.5 Å². The predicted molar refractivity (Wildman–Crippen MR) is 104 cm³/mol. The van der Waals surface area contributed by atoms with Gasteiger partial charge in [0.25, 0.3) is 11.9 Å². The predicted octanol–water partition coefficient (Wildman–Crippen LogP) is 2.87. The van der Waals surface area contributed by atoms with E-state index >= 15 is 0 Å². The highest BCUT2D eigenvalue weighted by Gasteiger charge is 2.44. The maximum Gasteiger partial charge on any atom is 0.295 e. The number of nitrogens with zero attached hydrogens (tertiary/aromatic N) is 3. The van der Waals surface area contributed by atoms with Gasteiger partial charge in [-0.2, -0.15) is 4.99 Å². The van der Waals surface area contributed by atoms with Gasteiger partial charge in [0.1, 0.15) is 12.2 Å². The van der Waals surface area contributed by atoms with E-state index in [2.05, 4.69) is 16.0 Å². The van der Waals surface area contributed by atoms with Gasteiger partial charge in [-0.25, -0.2) is 0 Å². The molecular weight excluding hydrogens is 354 g/mol. The number of aromatic nitrogens is 1. The smallest absolute Gasteiger partial charge is 0.295 e. The second-order valence-corrected chi connectivity index (χ2v) is 7.75. The summed E-state index contributed by atoms with van der Waals surface area (Å²) in [6, 6.07) is 12.5. The quantitative estimate of drug-likeness (QED) is 0.706. The highest BCUT2D eigenvalue weighted by Crippen LogP contribution is 2.43. The monoisotopic (exact) mass is 377 g/mol. The number of pyridine rings is 1. The number of piperidine rings is 1. The molecule has 1 aromatic carbocycles. The average molecular weight is 377 g/mol. The van der Waals surface area contributed by atoms with E-state index in [1.54, 1.807) is 0 Å². The molecule has 0 atom stereocenters. The van der Waals surface area contributed by atoms with Crippen molar-refractivity contribution in [3.05, 3.63) is 64.5 Å². The van der Waals surface area contributed by atoms with Crippen molar-refractivity contribution in [2.24, 2.45) is 4.99 Å². The fourth-order valence-electron chi connectivity index (χ4n) is 4.34. The van der Waals surface area contributed by atoms with Crippen LogP contribution in [0.25, 0.3) is 0 Å².